The lowest BCUT2D eigenvalue weighted by molar-refractivity contribution is 0.0343. The van der Waals surface area contributed by atoms with Gasteiger partial charge in [-0.1, -0.05) is 32.0 Å². The van der Waals surface area contributed by atoms with E-state index in [4.69, 9.17) is 4.74 Å². The molecule has 114 valence electrons. The van der Waals surface area contributed by atoms with Crippen LogP contribution in [0.2, 0.25) is 0 Å². The first-order valence-corrected chi connectivity index (χ1v) is 8.58. The normalized spacial score (nSPS) is 16.9. The van der Waals surface area contributed by atoms with Crippen molar-refractivity contribution in [1.29, 1.82) is 0 Å². The molecule has 1 N–H and O–H groups in total. The van der Waals surface area contributed by atoms with Gasteiger partial charge < -0.3 is 10.1 Å². The quantitative estimate of drug-likeness (QED) is 0.918. The molecule has 2 aromatic rings. The summed E-state index contributed by atoms with van der Waals surface area (Å²) in [6, 6.07) is 9.31. The number of hydrogen-bond donors (Lipinski definition) is 1. The predicted molar refractivity (Wildman–Crippen MR) is 89.9 cm³/mol. The number of hydrogen-bond acceptors (Lipinski definition) is 4. The summed E-state index contributed by atoms with van der Waals surface area (Å²) in [5, 5.41) is 4.99. The molecule has 1 aromatic heterocycles. The van der Waals surface area contributed by atoms with E-state index in [1.165, 1.54) is 20.5 Å². The molecule has 0 aliphatic carbocycles. The molecule has 2 heterocycles. The molecule has 4 heteroatoms. The van der Waals surface area contributed by atoms with Gasteiger partial charge >= 0.3 is 0 Å². The Kier molecular flexibility index (Phi) is 4.91. The van der Waals surface area contributed by atoms with Crippen LogP contribution in [0.25, 0.3) is 10.1 Å². The molecule has 1 aliphatic heterocycles. The van der Waals surface area contributed by atoms with Crippen LogP contribution in [-0.2, 0) is 17.8 Å². The number of ether oxygens (including phenoxy) is 1. The van der Waals surface area contributed by atoms with Crippen molar-refractivity contribution < 1.29 is 4.74 Å². The second kappa shape index (κ2) is 6.88. The fraction of sp³-hybridized carbons (Fsp3) is 0.529. The van der Waals surface area contributed by atoms with Crippen molar-refractivity contribution in [2.24, 2.45) is 0 Å². The smallest absolute Gasteiger partial charge is 0.0594 e. The minimum absolute atomic E-state index is 0.520. The van der Waals surface area contributed by atoms with Gasteiger partial charge in [-0.2, -0.15) is 0 Å². The van der Waals surface area contributed by atoms with E-state index in [0.717, 1.165) is 39.4 Å². The summed E-state index contributed by atoms with van der Waals surface area (Å²) in [4.78, 5) is 3.99. The van der Waals surface area contributed by atoms with Crippen LogP contribution in [0.1, 0.15) is 24.3 Å². The van der Waals surface area contributed by atoms with Crippen LogP contribution >= 0.6 is 11.3 Å². The average molecular weight is 304 g/mol. The van der Waals surface area contributed by atoms with Crippen molar-refractivity contribution in [2.75, 3.05) is 26.3 Å². The van der Waals surface area contributed by atoms with Crippen LogP contribution in [0.4, 0.5) is 0 Å². The lowest BCUT2D eigenvalue weighted by atomic mass is 10.1. The van der Waals surface area contributed by atoms with Crippen molar-refractivity contribution in [3.63, 3.8) is 0 Å². The number of nitrogens with zero attached hydrogens (tertiary/aromatic N) is 1. The fourth-order valence-corrected chi connectivity index (χ4v) is 3.91. The summed E-state index contributed by atoms with van der Waals surface area (Å²) in [6.45, 7) is 10.2. The van der Waals surface area contributed by atoms with E-state index in [9.17, 15) is 0 Å². The maximum absolute atomic E-state index is 5.46. The van der Waals surface area contributed by atoms with Crippen LogP contribution in [0.3, 0.4) is 0 Å². The van der Waals surface area contributed by atoms with Crippen LogP contribution in [-0.4, -0.2) is 37.2 Å². The molecule has 1 aliphatic rings. The highest BCUT2D eigenvalue weighted by atomic mass is 32.1. The summed E-state index contributed by atoms with van der Waals surface area (Å²) in [5.74, 6) is 0. The van der Waals surface area contributed by atoms with Gasteiger partial charge in [0.05, 0.1) is 13.2 Å². The maximum atomic E-state index is 5.46. The van der Waals surface area contributed by atoms with Crippen LogP contribution < -0.4 is 5.32 Å². The lowest BCUT2D eigenvalue weighted by Crippen LogP contribution is -2.36. The van der Waals surface area contributed by atoms with Gasteiger partial charge in [-0.05, 0) is 17.0 Å². The van der Waals surface area contributed by atoms with Gasteiger partial charge in [0.2, 0.25) is 0 Å². The van der Waals surface area contributed by atoms with Gasteiger partial charge in [0.25, 0.3) is 0 Å². The summed E-state index contributed by atoms with van der Waals surface area (Å²) in [6.07, 6.45) is 0. The first kappa shape index (κ1) is 15.0. The second-order valence-corrected chi connectivity index (χ2v) is 7.06. The molecule has 1 aromatic carbocycles. The number of rotatable bonds is 5. The third-order valence-electron chi connectivity index (χ3n) is 3.94. The topological polar surface area (TPSA) is 24.5 Å². The van der Waals surface area contributed by atoms with E-state index >= 15 is 0 Å². The predicted octanol–water partition coefficient (Wildman–Crippen LogP) is 3.23. The summed E-state index contributed by atoms with van der Waals surface area (Å²) in [5.41, 5.74) is 1.51. The monoisotopic (exact) mass is 304 g/mol. The molecule has 0 amide bonds. The number of nitrogens with one attached hydrogen (secondary N) is 1. The van der Waals surface area contributed by atoms with Crippen molar-refractivity contribution in [3.8, 4) is 0 Å². The molecule has 0 saturated carbocycles. The maximum Gasteiger partial charge on any atom is 0.0594 e. The Morgan fingerprint density at radius 1 is 1.24 bits per heavy atom. The molecule has 3 rings (SSSR count). The van der Waals surface area contributed by atoms with Gasteiger partial charge in [-0.3, -0.25) is 4.90 Å². The fourth-order valence-electron chi connectivity index (χ4n) is 2.75. The minimum Gasteiger partial charge on any atom is -0.379 e. The van der Waals surface area contributed by atoms with Crippen LogP contribution in [0, 0.1) is 0 Å². The summed E-state index contributed by atoms with van der Waals surface area (Å²) < 4.78 is 6.87. The minimum atomic E-state index is 0.520. The van der Waals surface area contributed by atoms with Crippen molar-refractivity contribution in [3.05, 3.63) is 34.7 Å². The largest absolute Gasteiger partial charge is 0.379 e. The molecule has 21 heavy (non-hydrogen) atoms. The second-order valence-electron chi connectivity index (χ2n) is 5.92. The first-order chi connectivity index (χ1) is 10.2. The Balaban J connectivity index is 1.87. The van der Waals surface area contributed by atoms with Crippen molar-refractivity contribution in [1.82, 2.24) is 10.2 Å². The van der Waals surface area contributed by atoms with Crippen LogP contribution in [0.15, 0.2) is 24.3 Å². The molecule has 0 radical (unpaired) electrons. The summed E-state index contributed by atoms with van der Waals surface area (Å²) in [7, 11) is 0. The number of fused-ring (bicyclic) bond motifs is 1. The van der Waals surface area contributed by atoms with Crippen molar-refractivity contribution in [2.45, 2.75) is 33.0 Å². The van der Waals surface area contributed by atoms with Gasteiger partial charge in [0.1, 0.15) is 0 Å². The zero-order chi connectivity index (χ0) is 14.7. The highest BCUT2D eigenvalue weighted by Gasteiger charge is 2.17. The van der Waals surface area contributed by atoms with Crippen molar-refractivity contribution >= 4 is 21.4 Å². The number of morpholine rings is 1. The zero-order valence-corrected chi connectivity index (χ0v) is 13.7. The third-order valence-corrected chi connectivity index (χ3v) is 5.15. The Labute approximate surface area is 130 Å². The van der Waals surface area contributed by atoms with E-state index < -0.39 is 0 Å². The molecular formula is C17H24N2OS. The van der Waals surface area contributed by atoms with E-state index in [1.54, 1.807) is 0 Å². The van der Waals surface area contributed by atoms with E-state index in [1.807, 2.05) is 11.3 Å². The molecular weight excluding hydrogens is 280 g/mol. The molecule has 1 saturated heterocycles. The average Bonchev–Trinajstić information content (AvgIpc) is 2.84. The lowest BCUT2D eigenvalue weighted by Gasteiger charge is -2.27. The van der Waals surface area contributed by atoms with E-state index in [-0.39, 0.29) is 0 Å². The molecule has 0 unspecified atom stereocenters. The van der Waals surface area contributed by atoms with Gasteiger partial charge in [0, 0.05) is 41.8 Å². The Morgan fingerprint density at radius 2 is 2.00 bits per heavy atom. The highest BCUT2D eigenvalue weighted by molar-refractivity contribution is 7.19. The molecule has 0 spiro atoms. The van der Waals surface area contributed by atoms with Gasteiger partial charge in [-0.15, -0.1) is 11.3 Å². The van der Waals surface area contributed by atoms with Crippen LogP contribution in [0.5, 0.6) is 0 Å². The Hall–Kier alpha value is -0.940. The first-order valence-electron chi connectivity index (χ1n) is 7.77. The Bertz CT molecular complexity index is 587. The SMILES string of the molecule is CC(C)NCc1sc2ccccc2c1CN1CCOCC1. The number of benzene rings is 1. The van der Waals surface area contributed by atoms with E-state index in [0.29, 0.717) is 6.04 Å². The Morgan fingerprint density at radius 3 is 2.76 bits per heavy atom. The molecule has 1 fully saturated rings. The highest BCUT2D eigenvalue weighted by Crippen LogP contribution is 2.32. The zero-order valence-electron chi connectivity index (χ0n) is 12.9. The summed E-state index contributed by atoms with van der Waals surface area (Å²) >= 11 is 1.93. The molecule has 3 nitrogen and oxygen atoms in total. The molecule has 0 bridgehead atoms. The third kappa shape index (κ3) is 3.64. The number of thiophene rings is 1. The van der Waals surface area contributed by atoms with Gasteiger partial charge in [-0.25, -0.2) is 0 Å². The van der Waals surface area contributed by atoms with Gasteiger partial charge in [0.15, 0.2) is 0 Å². The standard InChI is InChI=1S/C17H24N2OS/c1-13(2)18-11-17-15(12-19-7-9-20-10-8-19)14-5-3-4-6-16(14)21-17/h3-6,13,18H,7-12H2,1-2H3. The van der Waals surface area contributed by atoms with E-state index in [2.05, 4.69) is 48.3 Å². The molecule has 0 atom stereocenters.